The van der Waals surface area contributed by atoms with Gasteiger partial charge in [0.1, 0.15) is 5.75 Å². The van der Waals surface area contributed by atoms with Crippen LogP contribution in [0, 0.1) is 11.8 Å². The molecule has 1 amide bonds. The molecule has 0 radical (unpaired) electrons. The summed E-state index contributed by atoms with van der Waals surface area (Å²) in [6.07, 6.45) is 5.03. The first kappa shape index (κ1) is 25.8. The number of nitrogens with one attached hydrogen (secondary N) is 2. The van der Waals surface area contributed by atoms with Crippen LogP contribution in [0.4, 0.5) is 5.69 Å². The van der Waals surface area contributed by atoms with Gasteiger partial charge in [0.05, 0.1) is 16.5 Å². The Labute approximate surface area is 185 Å². The molecular weight excluding hydrogens is 424 g/mol. The molecule has 0 aliphatic carbocycles. The van der Waals surface area contributed by atoms with Gasteiger partial charge in [0, 0.05) is 18.3 Å². The molecule has 0 fully saturated rings. The summed E-state index contributed by atoms with van der Waals surface area (Å²) in [4.78, 5) is 11.6. The largest absolute Gasteiger partial charge is 0.494 e. The van der Waals surface area contributed by atoms with Gasteiger partial charge in [-0.3, -0.25) is 9.52 Å². The summed E-state index contributed by atoms with van der Waals surface area (Å²) in [5.74, 6) is 1.31. The summed E-state index contributed by atoms with van der Waals surface area (Å²) in [6, 6.07) is 6.48. The lowest BCUT2D eigenvalue weighted by molar-refractivity contribution is -0.116. The van der Waals surface area contributed by atoms with Crippen LogP contribution in [0.1, 0.15) is 34.1 Å². The molecule has 1 rings (SSSR count). The van der Waals surface area contributed by atoms with Crippen molar-refractivity contribution in [2.75, 3.05) is 17.9 Å². The molecular formula is C22H31ClN2O4S. The van der Waals surface area contributed by atoms with E-state index in [-0.39, 0.29) is 15.8 Å². The number of sulfonamides is 1. The number of rotatable bonds is 12. The Balaban J connectivity index is 2.64. The number of carbonyl (C=O) groups excluding carboxylic acids is 1. The number of amides is 1. The van der Waals surface area contributed by atoms with Crippen LogP contribution in [0.25, 0.3) is 0 Å². The number of anilines is 1. The summed E-state index contributed by atoms with van der Waals surface area (Å²) in [7, 11) is -3.94. The van der Waals surface area contributed by atoms with Crippen LogP contribution >= 0.6 is 11.6 Å². The second kappa shape index (κ2) is 12.4. The van der Waals surface area contributed by atoms with Gasteiger partial charge < -0.3 is 10.1 Å². The van der Waals surface area contributed by atoms with E-state index in [1.54, 1.807) is 24.3 Å². The van der Waals surface area contributed by atoms with E-state index in [2.05, 4.69) is 37.4 Å². The SMILES string of the molecule is C=C(/C(Cl)=C\C=C\C(=O)NCC(C)CC(C)C)S(=O)(=O)Nc1ccc(OCC)cc1. The van der Waals surface area contributed by atoms with Crippen molar-refractivity contribution in [3.63, 3.8) is 0 Å². The summed E-state index contributed by atoms with van der Waals surface area (Å²) >= 11 is 6.06. The number of allylic oxidation sites excluding steroid dienone is 3. The van der Waals surface area contributed by atoms with Crippen molar-refractivity contribution < 1.29 is 17.9 Å². The number of ether oxygens (including phenoxy) is 1. The van der Waals surface area contributed by atoms with Crippen LogP contribution in [0.15, 0.2) is 59.0 Å². The first-order valence-corrected chi connectivity index (χ1v) is 11.7. The zero-order valence-corrected chi connectivity index (χ0v) is 19.5. The summed E-state index contributed by atoms with van der Waals surface area (Å²) < 4.78 is 32.6. The van der Waals surface area contributed by atoms with E-state index in [4.69, 9.17) is 16.3 Å². The monoisotopic (exact) mass is 454 g/mol. The average molecular weight is 455 g/mol. The Morgan fingerprint density at radius 1 is 1.23 bits per heavy atom. The highest BCUT2D eigenvalue weighted by Crippen LogP contribution is 2.23. The highest BCUT2D eigenvalue weighted by molar-refractivity contribution is 7.96. The number of carbonyl (C=O) groups is 1. The van der Waals surface area contributed by atoms with Gasteiger partial charge in [-0.15, -0.1) is 0 Å². The average Bonchev–Trinajstić information content (AvgIpc) is 2.66. The minimum Gasteiger partial charge on any atom is -0.494 e. The van der Waals surface area contributed by atoms with Crippen molar-refractivity contribution in [3.05, 3.63) is 59.0 Å². The first-order chi connectivity index (χ1) is 14.0. The Morgan fingerprint density at radius 2 is 1.87 bits per heavy atom. The lowest BCUT2D eigenvalue weighted by Crippen LogP contribution is -2.27. The Morgan fingerprint density at radius 3 is 2.43 bits per heavy atom. The van der Waals surface area contributed by atoms with Crippen molar-refractivity contribution in [1.29, 1.82) is 0 Å². The van der Waals surface area contributed by atoms with Crippen LogP contribution < -0.4 is 14.8 Å². The minimum absolute atomic E-state index is 0.0920. The number of benzene rings is 1. The fourth-order valence-electron chi connectivity index (χ4n) is 2.67. The number of halogens is 1. The fraction of sp³-hybridized carbons (Fsp3) is 0.409. The first-order valence-electron chi connectivity index (χ1n) is 9.81. The highest BCUT2D eigenvalue weighted by atomic mass is 35.5. The second-order valence-corrected chi connectivity index (χ2v) is 9.45. The van der Waals surface area contributed by atoms with Crippen LogP contribution in [0.2, 0.25) is 0 Å². The molecule has 0 saturated carbocycles. The predicted octanol–water partition coefficient (Wildman–Crippen LogP) is 4.82. The molecule has 1 aromatic carbocycles. The molecule has 1 unspecified atom stereocenters. The zero-order valence-electron chi connectivity index (χ0n) is 17.9. The second-order valence-electron chi connectivity index (χ2n) is 7.34. The Bertz CT molecular complexity index is 875. The molecule has 0 heterocycles. The number of hydrogen-bond acceptors (Lipinski definition) is 4. The molecule has 166 valence electrons. The van der Waals surface area contributed by atoms with Gasteiger partial charge in [-0.1, -0.05) is 45.0 Å². The fourth-order valence-corrected chi connectivity index (χ4v) is 3.94. The zero-order chi connectivity index (χ0) is 22.7. The van der Waals surface area contributed by atoms with Gasteiger partial charge in [0.15, 0.2) is 0 Å². The smallest absolute Gasteiger partial charge is 0.262 e. The van der Waals surface area contributed by atoms with Crippen molar-refractivity contribution in [2.45, 2.75) is 34.1 Å². The van der Waals surface area contributed by atoms with E-state index < -0.39 is 10.0 Å². The maximum atomic E-state index is 12.4. The standard InChI is InChI=1S/C22H31ClN2O4S/c1-6-29-20-12-10-19(11-13-20)25-30(27,28)18(5)21(23)8-7-9-22(26)24-15-17(4)14-16(2)3/h7-13,16-17,25H,5-6,14-15H2,1-4H3,(H,24,26)/b9-7+,21-8+. The topological polar surface area (TPSA) is 84.5 Å². The van der Waals surface area contributed by atoms with Crippen molar-refractivity contribution in [1.82, 2.24) is 5.32 Å². The molecule has 2 N–H and O–H groups in total. The van der Waals surface area contributed by atoms with E-state index in [0.29, 0.717) is 36.4 Å². The maximum absolute atomic E-state index is 12.4. The van der Waals surface area contributed by atoms with Gasteiger partial charge in [0.25, 0.3) is 10.0 Å². The number of hydrogen-bond donors (Lipinski definition) is 2. The van der Waals surface area contributed by atoms with Crippen LogP contribution in [0.5, 0.6) is 5.75 Å². The van der Waals surface area contributed by atoms with Gasteiger partial charge in [-0.05, 0) is 55.5 Å². The van der Waals surface area contributed by atoms with Crippen LogP contribution in [-0.4, -0.2) is 27.5 Å². The lowest BCUT2D eigenvalue weighted by atomic mass is 9.99. The van der Waals surface area contributed by atoms with Crippen LogP contribution in [0.3, 0.4) is 0 Å². The molecule has 0 aliphatic rings. The Kier molecular flexibility index (Phi) is 10.7. The normalized spacial score (nSPS) is 13.3. The molecule has 0 aromatic heterocycles. The van der Waals surface area contributed by atoms with E-state index >= 15 is 0 Å². The molecule has 1 atom stereocenters. The van der Waals surface area contributed by atoms with E-state index in [1.165, 1.54) is 18.2 Å². The van der Waals surface area contributed by atoms with Gasteiger partial charge in [0.2, 0.25) is 5.91 Å². The van der Waals surface area contributed by atoms with E-state index in [9.17, 15) is 13.2 Å². The third-order valence-electron chi connectivity index (χ3n) is 4.00. The van der Waals surface area contributed by atoms with Gasteiger partial charge in [-0.2, -0.15) is 0 Å². The molecule has 30 heavy (non-hydrogen) atoms. The quantitative estimate of drug-likeness (QED) is 0.350. The molecule has 0 bridgehead atoms. The summed E-state index contributed by atoms with van der Waals surface area (Å²) in [5, 5.41) is 2.71. The van der Waals surface area contributed by atoms with Crippen molar-refractivity contribution >= 4 is 33.2 Å². The molecule has 8 heteroatoms. The summed E-state index contributed by atoms with van der Waals surface area (Å²) in [6.45, 7) is 12.8. The maximum Gasteiger partial charge on any atom is 0.262 e. The van der Waals surface area contributed by atoms with Crippen molar-refractivity contribution in [2.24, 2.45) is 11.8 Å². The lowest BCUT2D eigenvalue weighted by Gasteiger charge is -2.13. The van der Waals surface area contributed by atoms with Gasteiger partial charge >= 0.3 is 0 Å². The highest BCUT2D eigenvalue weighted by Gasteiger charge is 2.18. The molecule has 0 spiro atoms. The third-order valence-corrected chi connectivity index (χ3v) is 5.84. The summed E-state index contributed by atoms with van der Waals surface area (Å²) in [5.41, 5.74) is 0.356. The van der Waals surface area contributed by atoms with Gasteiger partial charge in [-0.25, -0.2) is 8.42 Å². The minimum atomic E-state index is -3.94. The van der Waals surface area contributed by atoms with E-state index in [0.717, 1.165) is 6.42 Å². The molecule has 0 saturated heterocycles. The molecule has 0 aliphatic heterocycles. The molecule has 1 aromatic rings. The third kappa shape index (κ3) is 9.50. The molecule has 6 nitrogen and oxygen atoms in total. The predicted molar refractivity (Wildman–Crippen MR) is 124 cm³/mol. The van der Waals surface area contributed by atoms with Crippen LogP contribution in [-0.2, 0) is 14.8 Å². The van der Waals surface area contributed by atoms with Crippen molar-refractivity contribution in [3.8, 4) is 5.75 Å². The Hall–Kier alpha value is -2.25. The van der Waals surface area contributed by atoms with E-state index in [1.807, 2.05) is 6.92 Å².